The minimum atomic E-state index is -0.535. The molecule has 8 nitrogen and oxygen atoms in total. The average molecular weight is 259 g/mol. The molecule has 0 radical (unpaired) electrons. The number of pyridine rings is 1. The molecule has 3 heterocycles. The van der Waals surface area contributed by atoms with Crippen LogP contribution in [0.2, 0.25) is 0 Å². The molecule has 3 rings (SSSR count). The number of anilines is 3. The predicted octanol–water partition coefficient (Wildman–Crippen LogP) is -0.579. The first-order chi connectivity index (χ1) is 9.15. The fourth-order valence-electron chi connectivity index (χ4n) is 2.01. The Morgan fingerprint density at radius 2 is 2.26 bits per heavy atom. The minimum Gasteiger partial charge on any atom is -0.369 e. The maximum absolute atomic E-state index is 11.7. The van der Waals surface area contributed by atoms with Crippen LogP contribution in [0.1, 0.15) is 5.69 Å². The van der Waals surface area contributed by atoms with Crippen LogP contribution in [0.3, 0.4) is 0 Å². The first-order valence-electron chi connectivity index (χ1n) is 5.73. The van der Waals surface area contributed by atoms with Crippen molar-refractivity contribution in [2.75, 3.05) is 16.0 Å². The van der Waals surface area contributed by atoms with Crippen LogP contribution < -0.4 is 27.2 Å². The molecule has 2 aromatic heterocycles. The zero-order valence-electron chi connectivity index (χ0n) is 10.00. The molecule has 8 heteroatoms. The van der Waals surface area contributed by atoms with Crippen molar-refractivity contribution in [3.05, 3.63) is 40.4 Å². The first kappa shape index (κ1) is 11.5. The van der Waals surface area contributed by atoms with Gasteiger partial charge in [0.15, 0.2) is 12.1 Å². The van der Waals surface area contributed by atoms with Crippen LogP contribution in [0.25, 0.3) is 0 Å². The number of hydrogen-bond donors (Lipinski definition) is 4. The van der Waals surface area contributed by atoms with E-state index in [1.165, 1.54) is 0 Å². The number of rotatable bonds is 2. The quantitative estimate of drug-likeness (QED) is 0.568. The Morgan fingerprint density at radius 1 is 1.42 bits per heavy atom. The summed E-state index contributed by atoms with van der Waals surface area (Å²) in [5.74, 6) is 0.505. The van der Waals surface area contributed by atoms with E-state index < -0.39 is 6.29 Å². The summed E-state index contributed by atoms with van der Waals surface area (Å²) in [5.41, 5.74) is 12.3. The van der Waals surface area contributed by atoms with Gasteiger partial charge in [0.2, 0.25) is 5.95 Å². The Kier molecular flexibility index (Phi) is 2.57. The van der Waals surface area contributed by atoms with Gasteiger partial charge < -0.3 is 16.0 Å². The van der Waals surface area contributed by atoms with E-state index in [-0.39, 0.29) is 11.5 Å². The molecule has 0 amide bonds. The van der Waals surface area contributed by atoms with E-state index in [0.717, 1.165) is 5.69 Å². The van der Waals surface area contributed by atoms with Gasteiger partial charge in [-0.1, -0.05) is 6.07 Å². The number of nitrogen functional groups attached to an aromatic ring is 1. The van der Waals surface area contributed by atoms with Gasteiger partial charge in [-0.2, -0.15) is 4.98 Å². The van der Waals surface area contributed by atoms with Crippen LogP contribution in [0.4, 0.5) is 17.5 Å². The Morgan fingerprint density at radius 3 is 3.00 bits per heavy atom. The molecule has 0 fully saturated rings. The zero-order valence-corrected chi connectivity index (χ0v) is 10.00. The van der Waals surface area contributed by atoms with Crippen LogP contribution in [-0.4, -0.2) is 21.2 Å². The number of nitrogens with two attached hydrogens (primary N) is 2. The molecule has 19 heavy (non-hydrogen) atoms. The fourth-order valence-corrected chi connectivity index (χ4v) is 2.01. The Hall–Kier alpha value is -2.61. The van der Waals surface area contributed by atoms with E-state index in [0.29, 0.717) is 18.1 Å². The predicted molar refractivity (Wildman–Crippen MR) is 71.3 cm³/mol. The second-order valence-electron chi connectivity index (χ2n) is 4.19. The summed E-state index contributed by atoms with van der Waals surface area (Å²) < 4.78 is 0. The summed E-state index contributed by atoms with van der Waals surface area (Å²) in [6.07, 6.45) is 1.16. The van der Waals surface area contributed by atoms with Gasteiger partial charge in [0.05, 0.1) is 12.2 Å². The standard InChI is InChI=1S/C11H13N7O/c12-10-16-8-7(9(19)17-10)15-11(13)18(8)5-6-3-1-2-4-14-6/h1-4,11,15H,5,13H2,(H3,12,16,17,19). The highest BCUT2D eigenvalue weighted by Gasteiger charge is 2.30. The van der Waals surface area contributed by atoms with Gasteiger partial charge >= 0.3 is 0 Å². The summed E-state index contributed by atoms with van der Waals surface area (Å²) in [6, 6.07) is 5.60. The van der Waals surface area contributed by atoms with Crippen molar-refractivity contribution in [3.63, 3.8) is 0 Å². The molecule has 0 saturated heterocycles. The first-order valence-corrected chi connectivity index (χ1v) is 5.73. The van der Waals surface area contributed by atoms with Crippen LogP contribution in [-0.2, 0) is 6.54 Å². The summed E-state index contributed by atoms with van der Waals surface area (Å²) in [5, 5.41) is 2.88. The molecule has 1 unspecified atom stereocenters. The van der Waals surface area contributed by atoms with Crippen LogP contribution >= 0.6 is 0 Å². The topological polar surface area (TPSA) is 126 Å². The van der Waals surface area contributed by atoms with Gasteiger partial charge in [-0.25, -0.2) is 0 Å². The van der Waals surface area contributed by atoms with Crippen LogP contribution in [0, 0.1) is 0 Å². The molecule has 0 spiro atoms. The highest BCUT2D eigenvalue weighted by Crippen LogP contribution is 2.28. The number of H-pyrrole nitrogens is 1. The molecule has 0 aliphatic carbocycles. The largest absolute Gasteiger partial charge is 0.369 e. The third-order valence-electron chi connectivity index (χ3n) is 2.88. The van der Waals surface area contributed by atoms with Gasteiger partial charge in [-0.15, -0.1) is 0 Å². The molecule has 6 N–H and O–H groups in total. The Labute approximate surface area is 108 Å². The van der Waals surface area contributed by atoms with Gasteiger partial charge in [-0.05, 0) is 12.1 Å². The zero-order chi connectivity index (χ0) is 13.4. The molecule has 0 aromatic carbocycles. The highest BCUT2D eigenvalue weighted by molar-refractivity contribution is 5.71. The van der Waals surface area contributed by atoms with Crippen molar-refractivity contribution in [2.24, 2.45) is 5.73 Å². The second-order valence-corrected chi connectivity index (χ2v) is 4.19. The van der Waals surface area contributed by atoms with E-state index in [1.54, 1.807) is 11.1 Å². The minimum absolute atomic E-state index is 0.0608. The SMILES string of the molecule is Nc1nc2c(c(=O)[nH]1)NC(N)N2Cc1ccccn1. The summed E-state index contributed by atoms with van der Waals surface area (Å²) >= 11 is 0. The van der Waals surface area contributed by atoms with Crippen molar-refractivity contribution >= 4 is 17.5 Å². The normalized spacial score (nSPS) is 17.1. The lowest BCUT2D eigenvalue weighted by Gasteiger charge is -2.21. The third kappa shape index (κ3) is 1.97. The summed E-state index contributed by atoms with van der Waals surface area (Å²) in [6.45, 7) is 0.442. The van der Waals surface area contributed by atoms with Crippen LogP contribution in [0.5, 0.6) is 0 Å². The molecule has 98 valence electrons. The molecule has 1 atom stereocenters. The maximum Gasteiger partial charge on any atom is 0.277 e. The number of aromatic nitrogens is 3. The molecule has 0 saturated carbocycles. The Bertz CT molecular complexity index is 654. The van der Waals surface area contributed by atoms with Crippen molar-refractivity contribution < 1.29 is 0 Å². The van der Waals surface area contributed by atoms with E-state index in [2.05, 4.69) is 20.3 Å². The Balaban J connectivity index is 1.99. The summed E-state index contributed by atoms with van der Waals surface area (Å²) in [7, 11) is 0. The van der Waals surface area contributed by atoms with Crippen molar-refractivity contribution in [1.82, 2.24) is 15.0 Å². The van der Waals surface area contributed by atoms with Crippen molar-refractivity contribution in [1.29, 1.82) is 0 Å². The lowest BCUT2D eigenvalue weighted by Crippen LogP contribution is -2.43. The number of fused-ring (bicyclic) bond motifs is 1. The van der Waals surface area contributed by atoms with Crippen LogP contribution in [0.15, 0.2) is 29.2 Å². The van der Waals surface area contributed by atoms with Crippen molar-refractivity contribution in [3.8, 4) is 0 Å². The number of nitrogens with one attached hydrogen (secondary N) is 2. The number of hydrogen-bond acceptors (Lipinski definition) is 7. The van der Waals surface area contributed by atoms with Gasteiger partial charge in [0, 0.05) is 6.20 Å². The molecule has 2 aromatic rings. The van der Waals surface area contributed by atoms with Gasteiger partial charge in [0.25, 0.3) is 5.56 Å². The smallest absolute Gasteiger partial charge is 0.277 e. The van der Waals surface area contributed by atoms with E-state index in [9.17, 15) is 4.79 Å². The molecule has 1 aliphatic heterocycles. The summed E-state index contributed by atoms with van der Waals surface area (Å²) in [4.78, 5) is 24.3. The van der Waals surface area contributed by atoms with E-state index in [1.807, 2.05) is 18.2 Å². The van der Waals surface area contributed by atoms with E-state index in [4.69, 9.17) is 11.5 Å². The molecular weight excluding hydrogens is 246 g/mol. The maximum atomic E-state index is 11.7. The highest BCUT2D eigenvalue weighted by atomic mass is 16.1. The van der Waals surface area contributed by atoms with Gasteiger partial charge in [-0.3, -0.25) is 20.5 Å². The number of aromatic amines is 1. The molecule has 0 bridgehead atoms. The second kappa shape index (κ2) is 4.25. The van der Waals surface area contributed by atoms with Crippen molar-refractivity contribution in [2.45, 2.75) is 12.8 Å². The lowest BCUT2D eigenvalue weighted by molar-refractivity contribution is 0.682. The van der Waals surface area contributed by atoms with Gasteiger partial charge in [0.1, 0.15) is 5.69 Å². The fraction of sp³-hybridized carbons (Fsp3) is 0.182. The third-order valence-corrected chi connectivity index (χ3v) is 2.88. The molecular formula is C11H13N7O. The average Bonchev–Trinajstić information content (AvgIpc) is 2.69. The van der Waals surface area contributed by atoms with E-state index >= 15 is 0 Å². The number of nitrogens with zero attached hydrogens (tertiary/aromatic N) is 3. The monoisotopic (exact) mass is 259 g/mol. The lowest BCUT2D eigenvalue weighted by atomic mass is 10.3. The molecule has 1 aliphatic rings.